The summed E-state index contributed by atoms with van der Waals surface area (Å²) < 4.78 is 0. The highest BCUT2D eigenvalue weighted by Crippen LogP contribution is 1.36. The summed E-state index contributed by atoms with van der Waals surface area (Å²) in [6, 6.07) is 0. The average Bonchev–Trinajstić information content (AvgIpc) is 1.76. The van der Waals surface area contributed by atoms with Gasteiger partial charge in [0.15, 0.2) is 0 Å². The second-order valence-electron chi connectivity index (χ2n) is 0.611. The van der Waals surface area contributed by atoms with Crippen LogP contribution >= 0.6 is 0 Å². The minimum Gasteiger partial charge on any atom is -0.154 e. The van der Waals surface area contributed by atoms with Gasteiger partial charge in [0.2, 0.25) is 0 Å². The summed E-state index contributed by atoms with van der Waals surface area (Å²) in [4.78, 5) is 4.28. The molecule has 0 atom stereocenters. The Morgan fingerprint density at radius 2 is 2.80 bits per heavy atom. The van der Waals surface area contributed by atoms with Gasteiger partial charge in [0.05, 0.1) is 0 Å². The Morgan fingerprint density at radius 1 is 1.80 bits per heavy atom. The van der Waals surface area contributed by atoms with Crippen molar-refractivity contribution in [3.63, 3.8) is 0 Å². The van der Waals surface area contributed by atoms with E-state index in [2.05, 4.69) is 21.1 Å². The maximum atomic E-state index is 4.28. The molecule has 1 rings (SSSR count). The number of hydrazone groups is 1. The van der Waals surface area contributed by atoms with Crippen molar-refractivity contribution >= 4 is 6.34 Å². The molecule has 0 aromatic rings. The summed E-state index contributed by atoms with van der Waals surface area (Å²) >= 11 is 0. The number of nitrogens with one attached hydrogen (secondary N) is 3. The van der Waals surface area contributed by atoms with Gasteiger partial charge >= 0.3 is 0 Å². The Labute approximate surface area is 28.7 Å². The molecule has 1 aliphatic heterocycles. The van der Waals surface area contributed by atoms with E-state index in [-0.39, 0.29) is 0 Å². The first-order valence-corrected chi connectivity index (χ1v) is 1.24. The second kappa shape index (κ2) is 0.898. The zero-order chi connectivity index (χ0) is 3.54. The van der Waals surface area contributed by atoms with E-state index < -0.39 is 0 Å². The van der Waals surface area contributed by atoms with Crippen molar-refractivity contribution in [3.8, 4) is 0 Å². The van der Waals surface area contributed by atoms with Crippen LogP contribution < -0.4 is 16.2 Å². The van der Waals surface area contributed by atoms with Gasteiger partial charge in [-0.05, 0) is 4.94 Å². The molecule has 5 heavy (non-hydrogen) atoms. The minimum absolute atomic E-state index is 1.53. The summed E-state index contributed by atoms with van der Waals surface area (Å²) in [6.07, 6.45) is 1.53. The first kappa shape index (κ1) is 2.47. The quantitative estimate of drug-likeness (QED) is 0.288. The Hall–Kier alpha value is -0.770. The lowest BCUT2D eigenvalue weighted by atomic mass is 11.4. The van der Waals surface area contributed by atoms with Gasteiger partial charge in [-0.3, -0.25) is 0 Å². The van der Waals surface area contributed by atoms with Gasteiger partial charge in [0.1, 0.15) is 0 Å². The molecule has 1 heterocycles. The summed E-state index contributed by atoms with van der Waals surface area (Å²) in [5.41, 5.74) is 4.68. The third kappa shape index (κ3) is 0.273. The molecular weight excluding hydrogens is 70.0 g/mol. The predicted octanol–water partition coefficient (Wildman–Crippen LogP) is -2.95. The first-order chi connectivity index (χ1) is 2.50. The lowest BCUT2D eigenvalue weighted by Gasteiger charge is -1.71. The van der Waals surface area contributed by atoms with Crippen LogP contribution in [0.5, 0.6) is 0 Å². The standard InChI is InChI=1S/CH3N3O/c1-2-4-5-3-1/h1,4H,(H,2,3)/p+1. The van der Waals surface area contributed by atoms with E-state index in [0.29, 0.717) is 0 Å². The number of hydroxylamine groups is 1. The monoisotopic (exact) mass is 74.0 g/mol. The number of hydrogen-bond acceptors (Lipinski definition) is 3. The molecule has 0 amide bonds. The van der Waals surface area contributed by atoms with E-state index in [0.717, 1.165) is 0 Å². The van der Waals surface area contributed by atoms with Gasteiger partial charge in [0, 0.05) is 0 Å². The molecule has 0 aromatic carbocycles. The van der Waals surface area contributed by atoms with Crippen LogP contribution in [0.4, 0.5) is 0 Å². The molecule has 0 radical (unpaired) electrons. The van der Waals surface area contributed by atoms with E-state index >= 15 is 0 Å². The Morgan fingerprint density at radius 3 is 3.00 bits per heavy atom. The van der Waals surface area contributed by atoms with E-state index in [4.69, 9.17) is 0 Å². The van der Waals surface area contributed by atoms with Crippen LogP contribution in [0.3, 0.4) is 0 Å². The van der Waals surface area contributed by atoms with Gasteiger partial charge in [-0.1, -0.05) is 5.59 Å². The van der Waals surface area contributed by atoms with Crippen LogP contribution in [0, 0.1) is 0 Å². The molecule has 3 N–H and O–H groups in total. The van der Waals surface area contributed by atoms with Crippen LogP contribution in [0.25, 0.3) is 0 Å². The fourth-order valence-electron chi connectivity index (χ4n) is 0.147. The fourth-order valence-corrected chi connectivity index (χ4v) is 0.147. The van der Waals surface area contributed by atoms with Crippen molar-refractivity contribution in [1.29, 1.82) is 0 Å². The maximum Gasteiger partial charge on any atom is 0.287 e. The molecule has 28 valence electrons. The Kier molecular flexibility index (Phi) is 0.443. The zero-order valence-electron chi connectivity index (χ0n) is 2.49. The van der Waals surface area contributed by atoms with Gasteiger partial charge in [-0.15, -0.1) is 5.48 Å². The number of hydrogen-bond donors (Lipinski definition) is 3. The van der Waals surface area contributed by atoms with E-state index in [1.54, 1.807) is 0 Å². The average molecular weight is 74.1 g/mol. The third-order valence-corrected chi connectivity index (χ3v) is 0.300. The number of rotatable bonds is 0. The van der Waals surface area contributed by atoms with Crippen molar-refractivity contribution < 1.29 is 10.0 Å². The predicted molar refractivity (Wildman–Crippen MR) is 14.4 cm³/mol. The van der Waals surface area contributed by atoms with Crippen molar-refractivity contribution in [1.82, 2.24) is 11.1 Å². The third-order valence-electron chi connectivity index (χ3n) is 0.300. The van der Waals surface area contributed by atoms with Crippen molar-refractivity contribution in [3.05, 3.63) is 0 Å². The first-order valence-electron chi connectivity index (χ1n) is 1.24. The highest BCUT2D eigenvalue weighted by molar-refractivity contribution is 5.44. The Bertz CT molecular complexity index is 44.9. The van der Waals surface area contributed by atoms with Gasteiger partial charge in [-0.25, -0.2) is 0 Å². The molecule has 0 unspecified atom stereocenters. The van der Waals surface area contributed by atoms with Crippen molar-refractivity contribution in [2.24, 2.45) is 0 Å². The molecule has 4 heteroatoms. The molecule has 0 saturated heterocycles. The lowest BCUT2D eigenvalue weighted by molar-refractivity contribution is -0.570. The van der Waals surface area contributed by atoms with E-state index in [1.165, 1.54) is 6.34 Å². The molecule has 1 aliphatic rings. The molecule has 0 aromatic heterocycles. The van der Waals surface area contributed by atoms with Crippen molar-refractivity contribution in [2.75, 3.05) is 0 Å². The summed E-state index contributed by atoms with van der Waals surface area (Å²) in [5.74, 6) is 0. The van der Waals surface area contributed by atoms with E-state index in [9.17, 15) is 0 Å². The highest BCUT2D eigenvalue weighted by Gasteiger charge is 1.88. The molecule has 0 fully saturated rings. The topological polar surface area (TPSA) is 47.3 Å². The van der Waals surface area contributed by atoms with Crippen molar-refractivity contribution in [2.45, 2.75) is 0 Å². The van der Waals surface area contributed by atoms with Gasteiger partial charge in [-0.2, -0.15) is 5.10 Å². The molecule has 0 aliphatic carbocycles. The zero-order valence-corrected chi connectivity index (χ0v) is 2.49. The van der Waals surface area contributed by atoms with Gasteiger partial charge < -0.3 is 0 Å². The molecule has 0 saturated carbocycles. The summed E-state index contributed by atoms with van der Waals surface area (Å²) in [6.45, 7) is 0. The van der Waals surface area contributed by atoms with Crippen LogP contribution in [-0.2, 0) is 4.94 Å². The van der Waals surface area contributed by atoms with Crippen LogP contribution in [0.15, 0.2) is 0 Å². The lowest BCUT2D eigenvalue weighted by Crippen LogP contribution is -2.75. The maximum absolute atomic E-state index is 4.28. The SMILES string of the molecule is C1=[NH+]NON1. The fraction of sp³-hybridized carbons (Fsp3) is 0. The van der Waals surface area contributed by atoms with Crippen LogP contribution in [0.2, 0.25) is 0 Å². The molecule has 0 bridgehead atoms. The Balaban J connectivity index is 2.32. The van der Waals surface area contributed by atoms with Crippen LogP contribution in [-0.4, -0.2) is 6.34 Å². The second-order valence-corrected chi connectivity index (χ2v) is 0.611. The molecule has 4 nitrogen and oxygen atoms in total. The van der Waals surface area contributed by atoms with Gasteiger partial charge in [0.25, 0.3) is 6.34 Å². The smallest absolute Gasteiger partial charge is 0.154 e. The normalized spacial score (nSPS) is 17.6. The largest absolute Gasteiger partial charge is 0.287 e. The summed E-state index contributed by atoms with van der Waals surface area (Å²) in [7, 11) is 0. The molecule has 0 spiro atoms. The minimum atomic E-state index is 1.53. The van der Waals surface area contributed by atoms with E-state index in [1.807, 2.05) is 0 Å². The highest BCUT2D eigenvalue weighted by atomic mass is 16.8. The number of hydrazine groups is 1. The van der Waals surface area contributed by atoms with Crippen LogP contribution in [0.1, 0.15) is 0 Å². The summed E-state index contributed by atoms with van der Waals surface area (Å²) in [5, 5.41) is 2.51. The molecular formula is CH4N3O+.